The van der Waals surface area contributed by atoms with Crippen LogP contribution in [0, 0.1) is 16.0 Å². The van der Waals surface area contributed by atoms with Crippen LogP contribution in [0.4, 0.5) is 5.69 Å². The Balaban J connectivity index is 2.56. The van der Waals surface area contributed by atoms with E-state index in [9.17, 15) is 20.0 Å². The molecule has 0 aliphatic carbocycles. The molecule has 2 rings (SSSR count). The lowest BCUT2D eigenvalue weighted by Crippen LogP contribution is -2.27. The Labute approximate surface area is 127 Å². The normalized spacial score (nSPS) is 10.9. The summed E-state index contributed by atoms with van der Waals surface area (Å²) in [6, 6.07) is 9.44. The lowest BCUT2D eigenvalue weighted by Gasteiger charge is -2.16. The van der Waals surface area contributed by atoms with Gasteiger partial charge in [-0.2, -0.15) is 0 Å². The van der Waals surface area contributed by atoms with Crippen LogP contribution in [-0.4, -0.2) is 14.6 Å². The number of benzene rings is 1. The van der Waals surface area contributed by atoms with Gasteiger partial charge in [0, 0.05) is 24.2 Å². The molecule has 0 aliphatic heterocycles. The van der Waals surface area contributed by atoms with E-state index in [0.717, 1.165) is 5.56 Å². The molecule has 0 unspecified atom stereocenters. The van der Waals surface area contributed by atoms with E-state index in [4.69, 9.17) is 0 Å². The predicted octanol–water partition coefficient (Wildman–Crippen LogP) is 2.57. The van der Waals surface area contributed by atoms with Crippen LogP contribution < -0.4 is 5.56 Å². The third kappa shape index (κ3) is 3.23. The van der Waals surface area contributed by atoms with Crippen LogP contribution >= 0.6 is 0 Å². The molecule has 1 aromatic carbocycles. The van der Waals surface area contributed by atoms with Crippen molar-refractivity contribution in [2.45, 2.75) is 27.0 Å². The van der Waals surface area contributed by atoms with Gasteiger partial charge in [-0.1, -0.05) is 13.8 Å². The van der Waals surface area contributed by atoms with Gasteiger partial charge in [0.25, 0.3) is 11.2 Å². The highest BCUT2D eigenvalue weighted by Gasteiger charge is 2.12. The minimum Gasteiger partial charge on any atom is -0.391 e. The van der Waals surface area contributed by atoms with Crippen LogP contribution in [0.2, 0.25) is 0 Å². The van der Waals surface area contributed by atoms with Crippen molar-refractivity contribution in [1.82, 2.24) is 4.57 Å². The molecule has 0 spiro atoms. The minimum absolute atomic E-state index is 0.00786. The zero-order valence-corrected chi connectivity index (χ0v) is 12.5. The SMILES string of the molecule is CC(C)Cn1c(-c2ccc([N+](=O)[O-])cc2)ccc(CO)c1=O. The molecule has 0 saturated carbocycles. The largest absolute Gasteiger partial charge is 0.391 e. The first-order valence-electron chi connectivity index (χ1n) is 7.02. The summed E-state index contributed by atoms with van der Waals surface area (Å²) in [7, 11) is 0. The van der Waals surface area contributed by atoms with E-state index in [0.29, 0.717) is 17.8 Å². The van der Waals surface area contributed by atoms with Crippen LogP contribution in [0.5, 0.6) is 0 Å². The van der Waals surface area contributed by atoms with Gasteiger partial charge in [0.2, 0.25) is 0 Å². The van der Waals surface area contributed by atoms with Crippen molar-refractivity contribution < 1.29 is 10.0 Å². The maximum Gasteiger partial charge on any atom is 0.269 e. The summed E-state index contributed by atoms with van der Waals surface area (Å²) in [6.45, 7) is 4.20. The standard InChI is InChI=1S/C16H18N2O4/c1-11(2)9-17-15(8-5-13(10-19)16(17)20)12-3-6-14(7-4-12)18(21)22/h3-8,11,19H,9-10H2,1-2H3. The highest BCUT2D eigenvalue weighted by atomic mass is 16.6. The monoisotopic (exact) mass is 302 g/mol. The maximum atomic E-state index is 12.4. The van der Waals surface area contributed by atoms with Crippen molar-refractivity contribution in [1.29, 1.82) is 0 Å². The summed E-state index contributed by atoms with van der Waals surface area (Å²) in [4.78, 5) is 22.7. The molecule has 0 radical (unpaired) electrons. The topological polar surface area (TPSA) is 85.4 Å². The van der Waals surface area contributed by atoms with Crippen LogP contribution in [-0.2, 0) is 13.2 Å². The number of aromatic nitrogens is 1. The zero-order valence-electron chi connectivity index (χ0n) is 12.5. The number of pyridine rings is 1. The number of nitro groups is 1. The van der Waals surface area contributed by atoms with Crippen molar-refractivity contribution in [2.75, 3.05) is 0 Å². The molecule has 0 aliphatic rings. The van der Waals surface area contributed by atoms with Crippen molar-refractivity contribution in [3.05, 3.63) is 62.4 Å². The Morgan fingerprint density at radius 3 is 2.32 bits per heavy atom. The van der Waals surface area contributed by atoms with Gasteiger partial charge in [0.1, 0.15) is 0 Å². The molecular weight excluding hydrogens is 284 g/mol. The van der Waals surface area contributed by atoms with E-state index in [2.05, 4.69) is 0 Å². The first kappa shape index (κ1) is 15.9. The molecule has 1 aromatic heterocycles. The lowest BCUT2D eigenvalue weighted by molar-refractivity contribution is -0.384. The maximum absolute atomic E-state index is 12.4. The average Bonchev–Trinajstić information content (AvgIpc) is 2.49. The second-order valence-electron chi connectivity index (χ2n) is 5.52. The molecule has 116 valence electrons. The molecule has 0 saturated heterocycles. The molecule has 0 fully saturated rings. The Kier molecular flexibility index (Phi) is 4.72. The third-order valence-corrected chi connectivity index (χ3v) is 3.34. The number of rotatable bonds is 5. The average molecular weight is 302 g/mol. The number of nitro benzene ring substituents is 1. The van der Waals surface area contributed by atoms with Crippen molar-refractivity contribution in [3.8, 4) is 11.3 Å². The third-order valence-electron chi connectivity index (χ3n) is 3.34. The first-order valence-corrected chi connectivity index (χ1v) is 7.02. The van der Waals surface area contributed by atoms with Crippen molar-refractivity contribution in [3.63, 3.8) is 0 Å². The molecule has 1 N–H and O–H groups in total. The molecule has 2 aromatic rings. The van der Waals surface area contributed by atoms with E-state index in [1.54, 1.807) is 28.8 Å². The highest BCUT2D eigenvalue weighted by Crippen LogP contribution is 2.22. The second-order valence-corrected chi connectivity index (χ2v) is 5.52. The fourth-order valence-corrected chi connectivity index (χ4v) is 2.30. The fourth-order valence-electron chi connectivity index (χ4n) is 2.30. The molecule has 0 bridgehead atoms. The summed E-state index contributed by atoms with van der Waals surface area (Å²) < 4.78 is 1.61. The first-order chi connectivity index (χ1) is 10.4. The second kappa shape index (κ2) is 6.53. The lowest BCUT2D eigenvalue weighted by atomic mass is 10.1. The summed E-state index contributed by atoms with van der Waals surface area (Å²) in [6.07, 6.45) is 0. The summed E-state index contributed by atoms with van der Waals surface area (Å²) in [5.41, 5.74) is 1.53. The summed E-state index contributed by atoms with van der Waals surface area (Å²) >= 11 is 0. The van der Waals surface area contributed by atoms with Gasteiger partial charge in [-0.05, 0) is 35.7 Å². The Morgan fingerprint density at radius 2 is 1.82 bits per heavy atom. The van der Waals surface area contributed by atoms with E-state index in [1.807, 2.05) is 13.8 Å². The van der Waals surface area contributed by atoms with Gasteiger partial charge in [-0.25, -0.2) is 0 Å². The van der Waals surface area contributed by atoms with Crippen molar-refractivity contribution in [2.24, 2.45) is 5.92 Å². The van der Waals surface area contributed by atoms with Gasteiger partial charge in [0.05, 0.1) is 17.2 Å². The fraction of sp³-hybridized carbons (Fsp3) is 0.312. The van der Waals surface area contributed by atoms with Gasteiger partial charge in [0.15, 0.2) is 0 Å². The molecule has 6 nitrogen and oxygen atoms in total. The van der Waals surface area contributed by atoms with E-state index in [-0.39, 0.29) is 23.8 Å². The number of hydrogen-bond donors (Lipinski definition) is 1. The van der Waals surface area contributed by atoms with Crippen molar-refractivity contribution >= 4 is 5.69 Å². The van der Waals surface area contributed by atoms with Gasteiger partial charge in [-0.3, -0.25) is 14.9 Å². The number of aliphatic hydroxyl groups excluding tert-OH is 1. The molecular formula is C16H18N2O4. The summed E-state index contributed by atoms with van der Waals surface area (Å²) in [5, 5.41) is 20.0. The minimum atomic E-state index is -0.458. The molecule has 0 amide bonds. The van der Waals surface area contributed by atoms with Crippen LogP contribution in [0.1, 0.15) is 19.4 Å². The van der Waals surface area contributed by atoms with E-state index in [1.165, 1.54) is 12.1 Å². The molecule has 1 heterocycles. The number of hydrogen-bond acceptors (Lipinski definition) is 4. The Hall–Kier alpha value is -2.47. The number of nitrogens with zero attached hydrogens (tertiary/aromatic N) is 2. The predicted molar refractivity (Wildman–Crippen MR) is 83.6 cm³/mol. The quantitative estimate of drug-likeness (QED) is 0.679. The Morgan fingerprint density at radius 1 is 1.18 bits per heavy atom. The van der Waals surface area contributed by atoms with Gasteiger partial charge < -0.3 is 9.67 Å². The molecule has 6 heteroatoms. The zero-order chi connectivity index (χ0) is 16.3. The number of non-ortho nitro benzene ring substituents is 1. The summed E-state index contributed by atoms with van der Waals surface area (Å²) in [5.74, 6) is 0.253. The van der Waals surface area contributed by atoms with Gasteiger partial charge in [-0.15, -0.1) is 0 Å². The smallest absolute Gasteiger partial charge is 0.269 e. The van der Waals surface area contributed by atoms with Crippen LogP contribution in [0.3, 0.4) is 0 Å². The molecule has 22 heavy (non-hydrogen) atoms. The van der Waals surface area contributed by atoms with Gasteiger partial charge >= 0.3 is 0 Å². The van der Waals surface area contributed by atoms with E-state index < -0.39 is 4.92 Å². The van der Waals surface area contributed by atoms with E-state index >= 15 is 0 Å². The Bertz CT molecular complexity index is 733. The van der Waals surface area contributed by atoms with Crippen LogP contribution in [0.15, 0.2) is 41.2 Å². The number of aliphatic hydroxyl groups is 1. The van der Waals surface area contributed by atoms with Crippen LogP contribution in [0.25, 0.3) is 11.3 Å². The highest BCUT2D eigenvalue weighted by molar-refractivity contribution is 5.61. The molecule has 0 atom stereocenters.